The van der Waals surface area contributed by atoms with Gasteiger partial charge in [0.05, 0.1) is 18.4 Å². The summed E-state index contributed by atoms with van der Waals surface area (Å²) in [7, 11) is 1.24. The van der Waals surface area contributed by atoms with Gasteiger partial charge >= 0.3 is 18.0 Å². The number of aromatic carboxylic acids is 1. The maximum atomic E-state index is 12.6. The third-order valence-electron chi connectivity index (χ3n) is 5.54. The fourth-order valence-electron chi connectivity index (χ4n) is 3.73. The summed E-state index contributed by atoms with van der Waals surface area (Å²) in [4.78, 5) is 56.6. The van der Waals surface area contributed by atoms with Crippen LogP contribution < -0.4 is 16.4 Å². The number of carboxylic acid groups (broad SMARTS) is 1. The lowest BCUT2D eigenvalue weighted by Crippen LogP contribution is -2.42. The molecule has 5 N–H and O–H groups in total. The first-order valence-electron chi connectivity index (χ1n) is 12.7. The molecule has 0 saturated heterocycles. The van der Waals surface area contributed by atoms with Gasteiger partial charge in [-0.25, -0.2) is 24.4 Å². The smallest absolute Gasteiger partial charge is 0.407 e. The number of hydrogen-bond donors (Lipinski definition) is 4. The van der Waals surface area contributed by atoms with Crippen molar-refractivity contribution in [3.63, 3.8) is 0 Å². The fourth-order valence-corrected chi connectivity index (χ4v) is 4.58. The zero-order valence-electron chi connectivity index (χ0n) is 23.6. The Labute approximate surface area is 237 Å². The predicted molar refractivity (Wildman–Crippen MR) is 151 cm³/mol. The third-order valence-corrected chi connectivity index (χ3v) is 6.45. The zero-order valence-corrected chi connectivity index (χ0v) is 24.4. The summed E-state index contributed by atoms with van der Waals surface area (Å²) in [5.41, 5.74) is 8.04. The molecule has 1 atom stereocenters. The topological polar surface area (TPSA) is 183 Å². The Bertz CT molecular complexity index is 1250. The molecule has 0 aliphatic carbocycles. The van der Waals surface area contributed by atoms with Gasteiger partial charge in [0.25, 0.3) is 0 Å². The van der Waals surface area contributed by atoms with Gasteiger partial charge in [0.15, 0.2) is 0 Å². The van der Waals surface area contributed by atoms with Gasteiger partial charge in [-0.15, -0.1) is 11.8 Å². The summed E-state index contributed by atoms with van der Waals surface area (Å²) in [5.74, 6) is -1.62. The van der Waals surface area contributed by atoms with Crippen molar-refractivity contribution in [3.05, 3.63) is 34.9 Å². The van der Waals surface area contributed by atoms with Gasteiger partial charge in [-0.05, 0) is 70.7 Å². The van der Waals surface area contributed by atoms with Crippen molar-refractivity contribution < 1.29 is 33.8 Å². The molecule has 0 radical (unpaired) electrons. The number of alkyl carbamates (subject to hydrolysis) is 1. The Balaban J connectivity index is 1.95. The minimum absolute atomic E-state index is 0.0204. The Hall–Kier alpha value is -3.87. The molecular formula is C27H37N5O7S. The summed E-state index contributed by atoms with van der Waals surface area (Å²) in [5, 5.41) is 15.3. The molecule has 12 nitrogen and oxygen atoms in total. The number of nitrogens with zero attached hydrogens (tertiary/aromatic N) is 2. The number of hydrogen-bond acceptors (Lipinski definition) is 10. The molecule has 2 amide bonds. The highest BCUT2D eigenvalue weighted by molar-refractivity contribution is 7.99. The standard InChI is InChI=1S/C27H37N5O7S/c1-15-12-16(2)18(23(34)35)13-17(15)20-14-22(32-25(28)31-20)40-11-9-21(33)30-19(24(36)38-6)8-7-10-29-26(37)39-27(3,4)5/h12-14,19H,7-11H2,1-6H3,(H,29,37)(H,30,33)(H,34,35)(H2,28,31,32)/t19-/m0/s1. The number of nitrogens with two attached hydrogens (primary N) is 1. The SMILES string of the molecule is COC(=O)[C@H](CCCNC(=O)OC(C)(C)C)NC(=O)CCSc1cc(-c2cc(C(=O)O)c(C)cc2C)nc(N)n1. The number of rotatable bonds is 12. The molecule has 0 aliphatic heterocycles. The molecule has 0 saturated carbocycles. The van der Waals surface area contributed by atoms with E-state index in [2.05, 4.69) is 20.6 Å². The average Bonchev–Trinajstić information content (AvgIpc) is 2.83. The number of carbonyl (C=O) groups is 4. The van der Waals surface area contributed by atoms with Crippen LogP contribution in [0.5, 0.6) is 0 Å². The second kappa shape index (κ2) is 14.5. The molecule has 1 heterocycles. The third kappa shape index (κ3) is 10.4. The van der Waals surface area contributed by atoms with Crippen molar-refractivity contribution >= 4 is 41.6 Å². The number of amides is 2. The van der Waals surface area contributed by atoms with E-state index in [-0.39, 0.29) is 36.8 Å². The van der Waals surface area contributed by atoms with Crippen LogP contribution in [0.1, 0.15) is 61.5 Å². The molecule has 2 rings (SSSR count). The van der Waals surface area contributed by atoms with Crippen LogP contribution in [-0.2, 0) is 19.1 Å². The second-order valence-electron chi connectivity index (χ2n) is 10.0. The van der Waals surface area contributed by atoms with Crippen molar-refractivity contribution in [3.8, 4) is 11.3 Å². The van der Waals surface area contributed by atoms with Gasteiger partial charge in [0, 0.05) is 24.3 Å². The molecule has 0 bridgehead atoms. The molecule has 2 aromatic rings. The number of nitrogen functional groups attached to an aromatic ring is 1. The largest absolute Gasteiger partial charge is 0.478 e. The summed E-state index contributed by atoms with van der Waals surface area (Å²) >= 11 is 1.28. The molecular weight excluding hydrogens is 538 g/mol. The number of aryl methyl sites for hydroxylation is 2. The monoisotopic (exact) mass is 575 g/mol. The van der Waals surface area contributed by atoms with Crippen LogP contribution in [0.2, 0.25) is 0 Å². The van der Waals surface area contributed by atoms with E-state index in [1.807, 2.05) is 6.92 Å². The average molecular weight is 576 g/mol. The van der Waals surface area contributed by atoms with Crippen LogP contribution >= 0.6 is 11.8 Å². The minimum atomic E-state index is -1.04. The maximum absolute atomic E-state index is 12.6. The van der Waals surface area contributed by atoms with Crippen LogP contribution in [0.25, 0.3) is 11.3 Å². The number of benzene rings is 1. The molecule has 218 valence electrons. The van der Waals surface area contributed by atoms with E-state index in [4.69, 9.17) is 15.2 Å². The molecule has 40 heavy (non-hydrogen) atoms. The van der Waals surface area contributed by atoms with E-state index in [0.29, 0.717) is 34.0 Å². The van der Waals surface area contributed by atoms with Crippen molar-refractivity contribution in [1.29, 1.82) is 0 Å². The first-order chi connectivity index (χ1) is 18.7. The predicted octanol–water partition coefficient (Wildman–Crippen LogP) is 3.49. The number of thioether (sulfide) groups is 1. The van der Waals surface area contributed by atoms with Crippen molar-refractivity contribution in [2.45, 2.75) is 70.6 Å². The van der Waals surface area contributed by atoms with Crippen LogP contribution in [0, 0.1) is 13.8 Å². The summed E-state index contributed by atoms with van der Waals surface area (Å²) in [6, 6.07) is 4.17. The molecule has 0 spiro atoms. The van der Waals surface area contributed by atoms with Crippen molar-refractivity contribution in [2.75, 3.05) is 25.1 Å². The van der Waals surface area contributed by atoms with E-state index < -0.39 is 29.7 Å². The second-order valence-corrected chi connectivity index (χ2v) is 11.2. The van der Waals surface area contributed by atoms with Crippen LogP contribution in [0.15, 0.2) is 23.2 Å². The Kier molecular flexibility index (Phi) is 11.7. The number of methoxy groups -OCH3 is 1. The molecule has 0 unspecified atom stereocenters. The van der Waals surface area contributed by atoms with Gasteiger partial charge in [-0.2, -0.15) is 0 Å². The number of carboxylic acids is 1. The number of nitrogens with one attached hydrogen (secondary N) is 2. The summed E-state index contributed by atoms with van der Waals surface area (Å²) in [6.07, 6.45) is 0.206. The Morgan fingerprint density at radius 3 is 2.42 bits per heavy atom. The molecule has 13 heteroatoms. The lowest BCUT2D eigenvalue weighted by molar-refractivity contribution is -0.145. The molecule has 0 aliphatic rings. The quantitative estimate of drug-likeness (QED) is 0.126. The zero-order chi connectivity index (χ0) is 30.0. The highest BCUT2D eigenvalue weighted by atomic mass is 32.2. The molecule has 1 aromatic heterocycles. The number of anilines is 1. The lowest BCUT2D eigenvalue weighted by atomic mass is 9.98. The number of carbonyl (C=O) groups excluding carboxylic acids is 3. The van der Waals surface area contributed by atoms with Crippen LogP contribution in [0.3, 0.4) is 0 Å². The van der Waals surface area contributed by atoms with Crippen molar-refractivity contribution in [1.82, 2.24) is 20.6 Å². The highest BCUT2D eigenvalue weighted by Gasteiger charge is 2.22. The van der Waals surface area contributed by atoms with E-state index in [0.717, 1.165) is 5.56 Å². The first kappa shape index (κ1) is 32.3. The Morgan fingerprint density at radius 1 is 1.10 bits per heavy atom. The normalized spacial score (nSPS) is 11.8. The van der Waals surface area contributed by atoms with E-state index in [9.17, 15) is 24.3 Å². The summed E-state index contributed by atoms with van der Waals surface area (Å²) < 4.78 is 9.97. The van der Waals surface area contributed by atoms with Gasteiger partial charge in [0.1, 0.15) is 16.7 Å². The van der Waals surface area contributed by atoms with E-state index in [1.54, 1.807) is 45.9 Å². The highest BCUT2D eigenvalue weighted by Crippen LogP contribution is 2.29. The van der Waals surface area contributed by atoms with Gasteiger partial charge < -0.3 is 30.9 Å². The van der Waals surface area contributed by atoms with E-state index >= 15 is 0 Å². The fraction of sp³-hybridized carbons (Fsp3) is 0.481. The van der Waals surface area contributed by atoms with Crippen molar-refractivity contribution in [2.24, 2.45) is 0 Å². The van der Waals surface area contributed by atoms with Crippen LogP contribution in [-0.4, -0.2) is 70.1 Å². The minimum Gasteiger partial charge on any atom is -0.478 e. The van der Waals surface area contributed by atoms with Gasteiger partial charge in [0.2, 0.25) is 11.9 Å². The van der Waals surface area contributed by atoms with Gasteiger partial charge in [-0.1, -0.05) is 6.07 Å². The first-order valence-corrected chi connectivity index (χ1v) is 13.6. The number of ether oxygens (including phenoxy) is 2. The maximum Gasteiger partial charge on any atom is 0.407 e. The van der Waals surface area contributed by atoms with E-state index in [1.165, 1.54) is 18.9 Å². The lowest BCUT2D eigenvalue weighted by Gasteiger charge is -2.20. The number of esters is 1. The molecule has 0 fully saturated rings. The number of aromatic nitrogens is 2. The summed E-state index contributed by atoms with van der Waals surface area (Å²) in [6.45, 7) is 9.12. The molecule has 1 aromatic carbocycles. The Morgan fingerprint density at radius 2 is 1.80 bits per heavy atom. The van der Waals surface area contributed by atoms with Gasteiger partial charge in [-0.3, -0.25) is 4.79 Å². The van der Waals surface area contributed by atoms with Crippen LogP contribution in [0.4, 0.5) is 10.7 Å².